The quantitative estimate of drug-likeness (QED) is 0.363. The number of benzene rings is 2. The van der Waals surface area contributed by atoms with E-state index in [1.54, 1.807) is 13.8 Å². The van der Waals surface area contributed by atoms with Crippen LogP contribution in [0.4, 0.5) is 26.3 Å². The highest BCUT2D eigenvalue weighted by molar-refractivity contribution is 5.93. The van der Waals surface area contributed by atoms with Crippen LogP contribution in [0.25, 0.3) is 0 Å². The fraction of sp³-hybridized carbons (Fsp3) is 0.333. The molecule has 0 amide bonds. The second kappa shape index (κ2) is 17.0. The first kappa shape index (κ1) is 37.5. The van der Waals surface area contributed by atoms with Crippen LogP contribution in [0.2, 0.25) is 0 Å². The topological polar surface area (TPSA) is 139 Å². The third kappa shape index (κ3) is 14.3. The van der Waals surface area contributed by atoms with Crippen LogP contribution >= 0.6 is 0 Å². The first-order chi connectivity index (χ1) is 18.3. The van der Waals surface area contributed by atoms with Gasteiger partial charge in [0.2, 0.25) is 0 Å². The van der Waals surface area contributed by atoms with Crippen molar-refractivity contribution in [3.63, 3.8) is 0 Å². The molecule has 16 heteroatoms. The van der Waals surface area contributed by atoms with Crippen LogP contribution in [0.15, 0.2) is 24.3 Å². The minimum Gasteiger partial charge on any atom is -0.465 e. The van der Waals surface area contributed by atoms with Gasteiger partial charge >= 0.3 is 37.0 Å². The Kier molecular flexibility index (Phi) is 15.9. The highest BCUT2D eigenvalue weighted by atomic mass is 19.4. The van der Waals surface area contributed by atoms with E-state index in [2.05, 4.69) is 18.9 Å². The Morgan fingerprint density at radius 3 is 1.05 bits per heavy atom. The Balaban J connectivity index is 0. The van der Waals surface area contributed by atoms with Crippen molar-refractivity contribution < 1.29 is 74.1 Å². The van der Waals surface area contributed by atoms with Crippen molar-refractivity contribution >= 4 is 24.2 Å². The van der Waals surface area contributed by atoms with Crippen LogP contribution in [0.5, 0.6) is 11.5 Å². The van der Waals surface area contributed by atoms with Gasteiger partial charge in [-0.3, -0.25) is 0 Å². The average Bonchev–Trinajstić information content (AvgIpc) is 2.81. The van der Waals surface area contributed by atoms with E-state index >= 15 is 0 Å². The minimum absolute atomic E-state index is 0.225. The summed E-state index contributed by atoms with van der Waals surface area (Å²) in [7, 11) is 2.19. The van der Waals surface area contributed by atoms with Gasteiger partial charge in [0.15, 0.2) is 0 Å². The number of alkyl halides is 6. The summed E-state index contributed by atoms with van der Waals surface area (Å²) in [5, 5.41) is 0. The van der Waals surface area contributed by atoms with Gasteiger partial charge in [0, 0.05) is 0 Å². The largest absolute Gasteiger partial charge is 0.573 e. The van der Waals surface area contributed by atoms with E-state index in [1.807, 2.05) is 0 Å². The molecule has 10 nitrogen and oxygen atoms in total. The zero-order chi connectivity index (χ0) is 31.8. The van der Waals surface area contributed by atoms with Gasteiger partial charge in [-0.2, -0.15) is 19.2 Å². The van der Waals surface area contributed by atoms with E-state index in [-0.39, 0.29) is 34.6 Å². The predicted molar refractivity (Wildman–Crippen MR) is 118 cm³/mol. The standard InChI is InChI=1S/2C11H11F3O3.2CO2/c2*1-6-4-7(2)9(17-11(12,13)14)8(5-6)10(15)16-3;2*2-1-3/h2*4-5H,1-3H3;;. The first-order valence-electron chi connectivity index (χ1n) is 10.2. The normalized spacial score (nSPS) is 9.90. The molecule has 0 saturated carbocycles. The SMILES string of the molecule is COC(=O)c1cc(C)cc(C)c1OC(F)(F)F.COC(=O)c1cc(C)cc(C)c1OC(F)(F)F.O=C=O.O=C=O. The Hall–Kier alpha value is -4.68. The lowest BCUT2D eigenvalue weighted by atomic mass is 10.1. The van der Waals surface area contributed by atoms with Crippen molar-refractivity contribution in [2.24, 2.45) is 0 Å². The van der Waals surface area contributed by atoms with Gasteiger partial charge in [0.1, 0.15) is 22.6 Å². The highest BCUT2D eigenvalue weighted by Gasteiger charge is 2.35. The third-order valence-electron chi connectivity index (χ3n) is 4.08. The van der Waals surface area contributed by atoms with Gasteiger partial charge in [-0.05, 0) is 62.1 Å². The van der Waals surface area contributed by atoms with E-state index in [0.29, 0.717) is 11.1 Å². The van der Waals surface area contributed by atoms with Gasteiger partial charge in [-0.1, -0.05) is 12.1 Å². The molecule has 0 bridgehead atoms. The number of methoxy groups -OCH3 is 2. The van der Waals surface area contributed by atoms with Crippen LogP contribution in [0, 0.1) is 27.7 Å². The summed E-state index contributed by atoms with van der Waals surface area (Å²) >= 11 is 0. The van der Waals surface area contributed by atoms with Gasteiger partial charge in [-0.25, -0.2) is 9.59 Å². The van der Waals surface area contributed by atoms with Crippen molar-refractivity contribution in [2.75, 3.05) is 14.2 Å². The zero-order valence-corrected chi connectivity index (χ0v) is 21.7. The van der Waals surface area contributed by atoms with Gasteiger partial charge in [0.05, 0.1) is 14.2 Å². The lowest BCUT2D eigenvalue weighted by Crippen LogP contribution is -2.20. The first-order valence-corrected chi connectivity index (χ1v) is 10.2. The summed E-state index contributed by atoms with van der Waals surface area (Å²) < 4.78 is 89.7. The molecule has 0 fully saturated rings. The third-order valence-corrected chi connectivity index (χ3v) is 4.08. The highest BCUT2D eigenvalue weighted by Crippen LogP contribution is 2.32. The summed E-state index contributed by atoms with van der Waals surface area (Å²) in [6.45, 7) is 6.19. The van der Waals surface area contributed by atoms with E-state index in [1.165, 1.54) is 38.1 Å². The van der Waals surface area contributed by atoms with E-state index in [4.69, 9.17) is 19.2 Å². The molecule has 2 aromatic rings. The summed E-state index contributed by atoms with van der Waals surface area (Å²) in [5.41, 5.74) is 1.28. The zero-order valence-electron chi connectivity index (χ0n) is 21.7. The number of carbonyl (C=O) groups excluding carboxylic acids is 6. The van der Waals surface area contributed by atoms with Crippen LogP contribution in [-0.4, -0.2) is 51.2 Å². The number of ether oxygens (including phenoxy) is 4. The molecule has 220 valence electrons. The number of carbonyl (C=O) groups is 2. The van der Waals surface area contributed by atoms with Crippen molar-refractivity contribution in [1.82, 2.24) is 0 Å². The number of esters is 2. The molecule has 0 N–H and O–H groups in total. The molecule has 0 saturated heterocycles. The van der Waals surface area contributed by atoms with Gasteiger partial charge < -0.3 is 18.9 Å². The average molecular weight is 584 g/mol. The number of hydrogen-bond donors (Lipinski definition) is 0. The number of halogens is 6. The van der Waals surface area contributed by atoms with Crippen molar-refractivity contribution in [1.29, 1.82) is 0 Å². The fourth-order valence-electron chi connectivity index (χ4n) is 2.93. The fourth-order valence-corrected chi connectivity index (χ4v) is 2.93. The summed E-state index contributed by atoms with van der Waals surface area (Å²) in [4.78, 5) is 55.2. The molecule has 0 unspecified atom stereocenters. The van der Waals surface area contributed by atoms with E-state index in [0.717, 1.165) is 14.2 Å². The lowest BCUT2D eigenvalue weighted by Gasteiger charge is -2.15. The molecule has 0 heterocycles. The molecule has 0 aliphatic carbocycles. The molecule has 0 radical (unpaired) electrons. The van der Waals surface area contributed by atoms with Crippen molar-refractivity contribution in [2.45, 2.75) is 40.4 Å². The monoisotopic (exact) mass is 584 g/mol. The van der Waals surface area contributed by atoms with Crippen LogP contribution in [-0.2, 0) is 28.7 Å². The summed E-state index contributed by atoms with van der Waals surface area (Å²) in [6.07, 6.45) is -9.19. The van der Waals surface area contributed by atoms with E-state index < -0.39 is 36.2 Å². The molecular formula is C24H22F6O10. The molecule has 0 spiro atoms. The molecule has 0 aromatic heterocycles. The Morgan fingerprint density at radius 1 is 0.600 bits per heavy atom. The van der Waals surface area contributed by atoms with Crippen molar-refractivity contribution in [3.05, 3.63) is 57.6 Å². The Morgan fingerprint density at radius 2 is 0.850 bits per heavy atom. The van der Waals surface area contributed by atoms with Gasteiger partial charge in [0.25, 0.3) is 0 Å². The van der Waals surface area contributed by atoms with Crippen LogP contribution in [0.1, 0.15) is 43.0 Å². The molecule has 2 aromatic carbocycles. The molecular weight excluding hydrogens is 562 g/mol. The second-order valence-corrected chi connectivity index (χ2v) is 7.16. The Bertz CT molecular complexity index is 1130. The maximum Gasteiger partial charge on any atom is 0.573 e. The van der Waals surface area contributed by atoms with Crippen molar-refractivity contribution in [3.8, 4) is 11.5 Å². The van der Waals surface area contributed by atoms with Crippen LogP contribution < -0.4 is 9.47 Å². The number of aryl methyl sites for hydroxylation is 4. The molecule has 0 aliphatic rings. The number of rotatable bonds is 4. The lowest BCUT2D eigenvalue weighted by molar-refractivity contribution is -0.276. The van der Waals surface area contributed by atoms with E-state index in [9.17, 15) is 35.9 Å². The van der Waals surface area contributed by atoms with Gasteiger partial charge in [-0.15, -0.1) is 26.3 Å². The minimum atomic E-state index is -4.84. The van der Waals surface area contributed by atoms with Crippen LogP contribution in [0.3, 0.4) is 0 Å². The summed E-state index contributed by atoms with van der Waals surface area (Å²) in [5.74, 6) is -2.77. The molecule has 0 aliphatic heterocycles. The summed E-state index contributed by atoms with van der Waals surface area (Å²) in [6, 6.07) is 5.57. The smallest absolute Gasteiger partial charge is 0.465 e. The molecule has 40 heavy (non-hydrogen) atoms. The molecule has 2 rings (SSSR count). The predicted octanol–water partition coefficient (Wildman–Crippen LogP) is 4.81. The number of hydrogen-bond acceptors (Lipinski definition) is 10. The molecule has 0 atom stereocenters. The Labute approximate surface area is 222 Å². The maximum absolute atomic E-state index is 12.2. The maximum atomic E-state index is 12.2. The second-order valence-electron chi connectivity index (χ2n) is 7.16.